The third-order valence-electron chi connectivity index (χ3n) is 6.37. The Morgan fingerprint density at radius 2 is 1.87 bits per heavy atom. The molecule has 3 aliphatic rings. The minimum absolute atomic E-state index is 0.0332. The van der Waals surface area contributed by atoms with Gasteiger partial charge in [0.2, 0.25) is 12.7 Å². The summed E-state index contributed by atoms with van der Waals surface area (Å²) < 4.78 is 10.9. The topological polar surface area (TPSA) is 59.1 Å². The summed E-state index contributed by atoms with van der Waals surface area (Å²) in [7, 11) is 0. The molecule has 7 heteroatoms. The molecule has 0 radical (unpaired) electrons. The summed E-state index contributed by atoms with van der Waals surface area (Å²) in [4.78, 5) is 29.5. The molecule has 0 atom stereocenters. The number of ether oxygens (including phenoxy) is 2. The molecule has 5 rings (SSSR count). The molecular weight excluding hydrogens is 416 g/mol. The van der Waals surface area contributed by atoms with Crippen LogP contribution in [0.4, 0.5) is 5.69 Å². The van der Waals surface area contributed by atoms with Crippen molar-refractivity contribution < 1.29 is 19.1 Å². The Kier molecular flexibility index (Phi) is 5.48. The fourth-order valence-electron chi connectivity index (χ4n) is 4.74. The predicted molar refractivity (Wildman–Crippen MR) is 118 cm³/mol. The van der Waals surface area contributed by atoms with E-state index in [2.05, 4.69) is 0 Å². The fraction of sp³-hybridized carbons (Fsp3) is 0.417. The first-order chi connectivity index (χ1) is 15.1. The van der Waals surface area contributed by atoms with Gasteiger partial charge in [-0.05, 0) is 55.2 Å². The second-order valence-electron chi connectivity index (χ2n) is 8.37. The number of amides is 2. The number of hydrogen-bond donors (Lipinski definition) is 0. The molecule has 6 nitrogen and oxygen atoms in total. The number of halogens is 1. The summed E-state index contributed by atoms with van der Waals surface area (Å²) in [6.07, 6.45) is 5.59. The first-order valence-electron chi connectivity index (χ1n) is 10.9. The lowest BCUT2D eigenvalue weighted by atomic mass is 10.1. The molecule has 2 fully saturated rings. The number of anilines is 1. The minimum atomic E-state index is -0.0332. The van der Waals surface area contributed by atoms with E-state index >= 15 is 0 Å². The quantitative estimate of drug-likeness (QED) is 0.671. The third kappa shape index (κ3) is 3.97. The zero-order valence-electron chi connectivity index (χ0n) is 17.3. The number of rotatable bonds is 5. The van der Waals surface area contributed by atoms with Gasteiger partial charge in [-0.25, -0.2) is 0 Å². The van der Waals surface area contributed by atoms with E-state index in [-0.39, 0.29) is 24.6 Å². The van der Waals surface area contributed by atoms with E-state index in [0.717, 1.165) is 49.2 Å². The molecule has 2 heterocycles. The monoisotopic (exact) mass is 440 g/mol. The Morgan fingerprint density at radius 3 is 2.65 bits per heavy atom. The van der Waals surface area contributed by atoms with Crippen LogP contribution in [0, 0.1) is 0 Å². The van der Waals surface area contributed by atoms with Gasteiger partial charge in [0.05, 0.1) is 10.7 Å². The highest BCUT2D eigenvalue weighted by Gasteiger charge is 2.30. The third-order valence-corrected chi connectivity index (χ3v) is 6.69. The van der Waals surface area contributed by atoms with Gasteiger partial charge >= 0.3 is 0 Å². The van der Waals surface area contributed by atoms with Crippen LogP contribution >= 0.6 is 11.6 Å². The average molecular weight is 441 g/mol. The number of carbonyl (C=O) groups is 2. The highest BCUT2D eigenvalue weighted by Crippen LogP contribution is 2.35. The van der Waals surface area contributed by atoms with Crippen molar-refractivity contribution in [3.05, 3.63) is 52.5 Å². The molecule has 0 aromatic heterocycles. The predicted octanol–water partition coefficient (Wildman–Crippen LogP) is 4.78. The molecule has 0 bridgehead atoms. The zero-order valence-corrected chi connectivity index (χ0v) is 18.1. The minimum Gasteiger partial charge on any atom is -0.454 e. The molecule has 0 N–H and O–H groups in total. The van der Waals surface area contributed by atoms with Gasteiger partial charge in [-0.1, -0.05) is 30.5 Å². The number of fused-ring (bicyclic) bond motifs is 1. The van der Waals surface area contributed by atoms with Crippen LogP contribution in [0.5, 0.6) is 11.5 Å². The van der Waals surface area contributed by atoms with Crippen LogP contribution in [-0.4, -0.2) is 36.1 Å². The Bertz CT molecular complexity index is 1020. The van der Waals surface area contributed by atoms with Gasteiger partial charge in [0.1, 0.15) is 0 Å². The lowest BCUT2D eigenvalue weighted by molar-refractivity contribution is -0.117. The summed E-state index contributed by atoms with van der Waals surface area (Å²) in [6.45, 7) is 1.37. The van der Waals surface area contributed by atoms with E-state index in [1.807, 2.05) is 23.1 Å². The molecule has 0 spiro atoms. The Morgan fingerprint density at radius 1 is 1.06 bits per heavy atom. The molecule has 1 saturated heterocycles. The zero-order chi connectivity index (χ0) is 21.4. The van der Waals surface area contributed by atoms with Crippen molar-refractivity contribution in [1.82, 2.24) is 4.90 Å². The molecule has 0 unspecified atom stereocenters. The number of benzene rings is 2. The van der Waals surface area contributed by atoms with Crippen LogP contribution in [0.25, 0.3) is 0 Å². The van der Waals surface area contributed by atoms with Crippen molar-refractivity contribution in [3.63, 3.8) is 0 Å². The van der Waals surface area contributed by atoms with Gasteiger partial charge < -0.3 is 19.3 Å². The van der Waals surface area contributed by atoms with E-state index in [1.165, 1.54) is 0 Å². The van der Waals surface area contributed by atoms with Crippen molar-refractivity contribution in [1.29, 1.82) is 0 Å². The van der Waals surface area contributed by atoms with Gasteiger partial charge in [-0.3, -0.25) is 9.59 Å². The molecule has 162 valence electrons. The SMILES string of the molecule is O=C1CCCN1c1cc(C(=O)N(Cc2ccc3c(c2)OCO3)C2CCCC2)ccc1Cl. The highest BCUT2D eigenvalue weighted by atomic mass is 35.5. The van der Waals surface area contributed by atoms with Crippen LogP contribution < -0.4 is 14.4 Å². The Hall–Kier alpha value is -2.73. The van der Waals surface area contributed by atoms with Gasteiger partial charge in [0.25, 0.3) is 5.91 Å². The second kappa shape index (κ2) is 8.42. The molecule has 2 amide bonds. The van der Waals surface area contributed by atoms with Gasteiger partial charge in [-0.2, -0.15) is 0 Å². The molecule has 1 aliphatic carbocycles. The van der Waals surface area contributed by atoms with Crippen LogP contribution in [0.3, 0.4) is 0 Å². The Labute approximate surface area is 186 Å². The van der Waals surface area contributed by atoms with Crippen molar-refractivity contribution in [2.24, 2.45) is 0 Å². The largest absolute Gasteiger partial charge is 0.454 e. The fourth-order valence-corrected chi connectivity index (χ4v) is 4.96. The average Bonchev–Trinajstić information content (AvgIpc) is 3.53. The first kappa shape index (κ1) is 20.2. The lowest BCUT2D eigenvalue weighted by Crippen LogP contribution is -2.38. The van der Waals surface area contributed by atoms with E-state index in [0.29, 0.717) is 35.8 Å². The molecule has 2 aromatic rings. The summed E-state index contributed by atoms with van der Waals surface area (Å²) >= 11 is 6.39. The summed E-state index contributed by atoms with van der Waals surface area (Å²) in [5.41, 5.74) is 2.20. The van der Waals surface area contributed by atoms with E-state index < -0.39 is 0 Å². The van der Waals surface area contributed by atoms with Crippen LogP contribution in [0.2, 0.25) is 5.02 Å². The standard InChI is InChI=1S/C24H25ClN2O4/c25-19-9-8-17(13-20(19)26-11-3-6-23(26)28)24(29)27(18-4-1-2-5-18)14-16-7-10-21-22(12-16)31-15-30-21/h7-10,12-13,18H,1-6,11,14-15H2. The molecule has 1 saturated carbocycles. The van der Waals surface area contributed by atoms with E-state index in [9.17, 15) is 9.59 Å². The van der Waals surface area contributed by atoms with Crippen molar-refractivity contribution in [2.75, 3.05) is 18.2 Å². The van der Waals surface area contributed by atoms with E-state index in [1.54, 1.807) is 23.1 Å². The summed E-state index contributed by atoms with van der Waals surface area (Å²) in [5.74, 6) is 1.48. The lowest BCUT2D eigenvalue weighted by Gasteiger charge is -2.30. The van der Waals surface area contributed by atoms with Crippen LogP contribution in [-0.2, 0) is 11.3 Å². The molecular formula is C24H25ClN2O4. The number of nitrogens with zero attached hydrogens (tertiary/aromatic N) is 2. The van der Waals surface area contributed by atoms with Crippen LogP contribution in [0.1, 0.15) is 54.4 Å². The molecule has 31 heavy (non-hydrogen) atoms. The Balaban J connectivity index is 1.44. The number of hydrogen-bond acceptors (Lipinski definition) is 4. The molecule has 2 aliphatic heterocycles. The first-order valence-corrected chi connectivity index (χ1v) is 11.3. The van der Waals surface area contributed by atoms with Gasteiger partial charge in [-0.15, -0.1) is 0 Å². The van der Waals surface area contributed by atoms with E-state index in [4.69, 9.17) is 21.1 Å². The van der Waals surface area contributed by atoms with Gasteiger partial charge in [0.15, 0.2) is 11.5 Å². The maximum Gasteiger partial charge on any atom is 0.254 e. The number of carbonyl (C=O) groups excluding carboxylic acids is 2. The maximum atomic E-state index is 13.7. The highest BCUT2D eigenvalue weighted by molar-refractivity contribution is 6.34. The van der Waals surface area contributed by atoms with Crippen molar-refractivity contribution >= 4 is 29.1 Å². The van der Waals surface area contributed by atoms with Crippen molar-refractivity contribution in [3.8, 4) is 11.5 Å². The summed E-state index contributed by atoms with van der Waals surface area (Å²) in [6, 6.07) is 11.3. The summed E-state index contributed by atoms with van der Waals surface area (Å²) in [5, 5.41) is 0.495. The van der Waals surface area contributed by atoms with Gasteiger partial charge in [0, 0.05) is 31.1 Å². The normalized spacial score (nSPS) is 18.1. The smallest absolute Gasteiger partial charge is 0.254 e. The van der Waals surface area contributed by atoms with Crippen LogP contribution in [0.15, 0.2) is 36.4 Å². The van der Waals surface area contributed by atoms with Crippen molar-refractivity contribution in [2.45, 2.75) is 51.1 Å². The maximum absolute atomic E-state index is 13.7. The second-order valence-corrected chi connectivity index (χ2v) is 8.78. The molecule has 2 aromatic carbocycles.